The highest BCUT2D eigenvalue weighted by atomic mass is 79.9. The molecule has 0 aliphatic carbocycles. The van der Waals surface area contributed by atoms with Crippen LogP contribution >= 0.6 is 15.9 Å². The highest BCUT2D eigenvalue weighted by molar-refractivity contribution is 9.10. The van der Waals surface area contributed by atoms with Crippen molar-refractivity contribution in [3.63, 3.8) is 0 Å². The summed E-state index contributed by atoms with van der Waals surface area (Å²) in [5, 5.41) is 2.35. The summed E-state index contributed by atoms with van der Waals surface area (Å²) in [5.41, 5.74) is -0.124. The molecule has 17 heavy (non-hydrogen) atoms. The van der Waals surface area contributed by atoms with Crippen LogP contribution in [0.25, 0.3) is 0 Å². The Hall–Kier alpha value is -0.950. The number of amides is 1. The molecule has 0 fully saturated rings. The van der Waals surface area contributed by atoms with Crippen molar-refractivity contribution in [2.45, 2.75) is 0 Å². The van der Waals surface area contributed by atoms with Gasteiger partial charge < -0.3 is 5.32 Å². The Morgan fingerprint density at radius 3 is 2.65 bits per heavy atom. The molecule has 0 bridgehead atoms. The number of rotatable bonds is 4. The molecule has 0 radical (unpaired) electrons. The molecule has 94 valence electrons. The van der Waals surface area contributed by atoms with Gasteiger partial charge in [-0.1, -0.05) is 6.07 Å². The monoisotopic (exact) mass is 323 g/mol. The molecule has 1 aromatic carbocycles. The van der Waals surface area contributed by atoms with E-state index in [0.29, 0.717) is 4.47 Å². The molecule has 0 heterocycles. The van der Waals surface area contributed by atoms with Gasteiger partial charge in [-0.15, -0.1) is 0 Å². The van der Waals surface area contributed by atoms with Gasteiger partial charge in [0.05, 0.1) is 11.3 Å². The third kappa shape index (κ3) is 4.43. The van der Waals surface area contributed by atoms with E-state index < -0.39 is 21.6 Å². The molecule has 1 rings (SSSR count). The second-order valence-corrected chi connectivity index (χ2v) is 6.60. The molecular formula is C10H11BrFNO3S. The molecule has 0 saturated carbocycles. The molecule has 1 amide bonds. The Labute approximate surface area is 107 Å². The van der Waals surface area contributed by atoms with Crippen molar-refractivity contribution < 1.29 is 17.6 Å². The molecule has 1 aromatic rings. The fraction of sp³-hybridized carbons (Fsp3) is 0.300. The summed E-state index contributed by atoms with van der Waals surface area (Å²) in [6.07, 6.45) is 1.07. The van der Waals surface area contributed by atoms with E-state index >= 15 is 0 Å². The van der Waals surface area contributed by atoms with Crippen molar-refractivity contribution in [3.8, 4) is 0 Å². The first kappa shape index (κ1) is 14.1. The van der Waals surface area contributed by atoms with Gasteiger partial charge in [-0.2, -0.15) is 0 Å². The smallest absolute Gasteiger partial charge is 0.255 e. The molecule has 4 nitrogen and oxygen atoms in total. The molecule has 0 aliphatic heterocycles. The zero-order valence-electron chi connectivity index (χ0n) is 9.04. The summed E-state index contributed by atoms with van der Waals surface area (Å²) in [4.78, 5) is 11.6. The summed E-state index contributed by atoms with van der Waals surface area (Å²) in [6, 6.07) is 4.16. The van der Waals surface area contributed by atoms with Gasteiger partial charge in [-0.3, -0.25) is 4.79 Å². The average molecular weight is 324 g/mol. The molecule has 1 N–H and O–H groups in total. The van der Waals surface area contributed by atoms with E-state index in [1.165, 1.54) is 12.1 Å². The van der Waals surface area contributed by atoms with Crippen LogP contribution in [-0.4, -0.2) is 32.9 Å². The van der Waals surface area contributed by atoms with Crippen molar-refractivity contribution in [1.29, 1.82) is 0 Å². The van der Waals surface area contributed by atoms with Crippen LogP contribution in [0.1, 0.15) is 10.4 Å². The van der Waals surface area contributed by atoms with Crippen LogP contribution in [0.3, 0.4) is 0 Å². The summed E-state index contributed by atoms with van der Waals surface area (Å²) in [5.74, 6) is -1.47. The molecule has 0 aromatic heterocycles. The first-order valence-corrected chi connectivity index (χ1v) is 7.56. The largest absolute Gasteiger partial charge is 0.351 e. The molecule has 7 heteroatoms. The lowest BCUT2D eigenvalue weighted by Gasteiger charge is -2.07. The minimum Gasteiger partial charge on any atom is -0.351 e. The number of halogens is 2. The third-order valence-electron chi connectivity index (χ3n) is 1.95. The van der Waals surface area contributed by atoms with Crippen LogP contribution in [0.4, 0.5) is 4.39 Å². The number of sulfone groups is 1. The lowest BCUT2D eigenvalue weighted by Crippen LogP contribution is -2.29. The summed E-state index contributed by atoms with van der Waals surface area (Å²) in [6.45, 7) is -0.0432. The van der Waals surface area contributed by atoms with Gasteiger partial charge in [0, 0.05) is 17.3 Å². The quantitative estimate of drug-likeness (QED) is 0.910. The van der Waals surface area contributed by atoms with E-state index in [9.17, 15) is 17.6 Å². The molecule has 0 spiro atoms. The van der Waals surface area contributed by atoms with E-state index in [4.69, 9.17) is 0 Å². The molecule has 0 atom stereocenters. The van der Waals surface area contributed by atoms with Crippen LogP contribution < -0.4 is 5.32 Å². The Morgan fingerprint density at radius 2 is 2.12 bits per heavy atom. The highest BCUT2D eigenvalue weighted by Gasteiger charge is 2.15. The van der Waals surface area contributed by atoms with Gasteiger partial charge in [0.25, 0.3) is 5.91 Å². The van der Waals surface area contributed by atoms with Crippen LogP contribution in [0.15, 0.2) is 22.7 Å². The van der Waals surface area contributed by atoms with Crippen LogP contribution in [0.2, 0.25) is 0 Å². The second kappa shape index (κ2) is 5.59. The third-order valence-corrected chi connectivity index (χ3v) is 3.55. The topological polar surface area (TPSA) is 63.2 Å². The van der Waals surface area contributed by atoms with Gasteiger partial charge in [-0.25, -0.2) is 12.8 Å². The maximum Gasteiger partial charge on any atom is 0.255 e. The molecule has 0 aliphatic rings. The SMILES string of the molecule is CS(=O)(=O)CCNC(=O)c1c(F)cccc1Br. The highest BCUT2D eigenvalue weighted by Crippen LogP contribution is 2.19. The van der Waals surface area contributed by atoms with Gasteiger partial charge in [0.1, 0.15) is 15.7 Å². The number of carbonyl (C=O) groups excluding carboxylic acids is 1. The van der Waals surface area contributed by atoms with Crippen molar-refractivity contribution in [2.75, 3.05) is 18.6 Å². The zero-order valence-corrected chi connectivity index (χ0v) is 11.4. The van der Waals surface area contributed by atoms with Gasteiger partial charge in [0.2, 0.25) is 0 Å². The summed E-state index contributed by atoms with van der Waals surface area (Å²) < 4.78 is 35.4. The minimum absolute atomic E-state index is 0.0432. The van der Waals surface area contributed by atoms with E-state index in [1.807, 2.05) is 0 Å². The predicted molar refractivity (Wildman–Crippen MR) is 66.1 cm³/mol. The average Bonchev–Trinajstić information content (AvgIpc) is 2.15. The molecule has 0 saturated heterocycles. The number of hydrogen-bond donors (Lipinski definition) is 1. The van der Waals surface area contributed by atoms with E-state index in [1.54, 1.807) is 0 Å². The first-order chi connectivity index (χ1) is 7.81. The number of benzene rings is 1. The maximum atomic E-state index is 13.4. The lowest BCUT2D eigenvalue weighted by molar-refractivity contribution is 0.0951. The Bertz CT molecular complexity index is 510. The summed E-state index contributed by atoms with van der Waals surface area (Å²) >= 11 is 3.06. The zero-order chi connectivity index (χ0) is 13.1. The van der Waals surface area contributed by atoms with Crippen molar-refractivity contribution in [2.24, 2.45) is 0 Å². The van der Waals surface area contributed by atoms with Gasteiger partial charge in [0.15, 0.2) is 0 Å². The van der Waals surface area contributed by atoms with Crippen molar-refractivity contribution >= 4 is 31.7 Å². The maximum absolute atomic E-state index is 13.4. The summed E-state index contributed by atoms with van der Waals surface area (Å²) in [7, 11) is -3.14. The first-order valence-electron chi connectivity index (χ1n) is 4.71. The Kier molecular flexibility index (Phi) is 4.64. The number of carbonyl (C=O) groups is 1. The van der Waals surface area contributed by atoms with Gasteiger partial charge >= 0.3 is 0 Å². The Morgan fingerprint density at radius 1 is 1.47 bits per heavy atom. The van der Waals surface area contributed by atoms with Crippen LogP contribution in [0, 0.1) is 5.82 Å². The molecular weight excluding hydrogens is 313 g/mol. The van der Waals surface area contributed by atoms with E-state index in [-0.39, 0.29) is 17.9 Å². The Balaban J connectivity index is 2.71. The van der Waals surface area contributed by atoms with Crippen molar-refractivity contribution in [3.05, 3.63) is 34.1 Å². The predicted octanol–water partition coefficient (Wildman–Crippen LogP) is 1.36. The molecule has 0 unspecified atom stereocenters. The standard InChI is InChI=1S/C10H11BrFNO3S/c1-17(15,16)6-5-13-10(14)9-7(11)3-2-4-8(9)12/h2-4H,5-6H2,1H3,(H,13,14). The fourth-order valence-corrected chi connectivity index (χ4v) is 2.15. The van der Waals surface area contributed by atoms with E-state index in [0.717, 1.165) is 12.3 Å². The fourth-order valence-electron chi connectivity index (χ4n) is 1.15. The van der Waals surface area contributed by atoms with Gasteiger partial charge in [-0.05, 0) is 28.1 Å². The lowest BCUT2D eigenvalue weighted by atomic mass is 10.2. The van der Waals surface area contributed by atoms with Crippen LogP contribution in [-0.2, 0) is 9.84 Å². The minimum atomic E-state index is -3.14. The van der Waals surface area contributed by atoms with Crippen molar-refractivity contribution in [1.82, 2.24) is 5.32 Å². The normalized spacial score (nSPS) is 11.2. The second-order valence-electron chi connectivity index (χ2n) is 3.48. The van der Waals surface area contributed by atoms with Crippen LogP contribution in [0.5, 0.6) is 0 Å². The van der Waals surface area contributed by atoms with E-state index in [2.05, 4.69) is 21.2 Å². The number of nitrogens with one attached hydrogen (secondary N) is 1. The number of hydrogen-bond acceptors (Lipinski definition) is 3.